The summed E-state index contributed by atoms with van der Waals surface area (Å²) in [6.07, 6.45) is 1.69. The quantitative estimate of drug-likeness (QED) is 0.779. The van der Waals surface area contributed by atoms with E-state index in [0.717, 1.165) is 29.5 Å². The van der Waals surface area contributed by atoms with E-state index < -0.39 is 17.5 Å². The van der Waals surface area contributed by atoms with Gasteiger partial charge in [0.2, 0.25) is 0 Å². The summed E-state index contributed by atoms with van der Waals surface area (Å²) in [5.74, 6) is -0.951. The van der Waals surface area contributed by atoms with Gasteiger partial charge in [-0.3, -0.25) is 0 Å². The van der Waals surface area contributed by atoms with Gasteiger partial charge in [-0.05, 0) is 56.2 Å². The zero-order valence-electron chi connectivity index (χ0n) is 12.7. The van der Waals surface area contributed by atoms with Crippen LogP contribution in [0.25, 0.3) is 0 Å². The second-order valence-electron chi connectivity index (χ2n) is 5.96. The van der Waals surface area contributed by atoms with Crippen molar-refractivity contribution in [2.75, 3.05) is 0 Å². The van der Waals surface area contributed by atoms with E-state index in [0.29, 0.717) is 6.54 Å². The van der Waals surface area contributed by atoms with Crippen LogP contribution in [0, 0.1) is 19.8 Å². The first-order valence-corrected chi connectivity index (χ1v) is 7.19. The first kappa shape index (κ1) is 15.4. The van der Waals surface area contributed by atoms with Crippen LogP contribution < -0.4 is 10.6 Å². The molecule has 3 N–H and O–H groups in total. The van der Waals surface area contributed by atoms with Crippen LogP contribution in [0.5, 0.6) is 0 Å². The van der Waals surface area contributed by atoms with Crippen molar-refractivity contribution in [3.05, 3.63) is 34.9 Å². The lowest BCUT2D eigenvalue weighted by Crippen LogP contribution is -2.56. The number of carbonyl (C=O) groups is 2. The van der Waals surface area contributed by atoms with Crippen LogP contribution in [-0.4, -0.2) is 22.6 Å². The number of carboxylic acid groups (broad SMARTS) is 1. The van der Waals surface area contributed by atoms with Crippen LogP contribution >= 0.6 is 0 Å². The Labute approximate surface area is 124 Å². The van der Waals surface area contributed by atoms with Crippen LogP contribution in [0.1, 0.15) is 36.5 Å². The SMILES string of the molecule is Cc1cccc(C)c1CNC(=O)NC(C)(C(=O)O)C1CC1. The molecule has 0 heterocycles. The molecule has 0 bridgehead atoms. The van der Waals surface area contributed by atoms with E-state index in [4.69, 9.17) is 0 Å². The predicted octanol–water partition coefficient (Wildman–Crippen LogP) is 2.36. The summed E-state index contributed by atoms with van der Waals surface area (Å²) in [4.78, 5) is 23.4. The Morgan fingerprint density at radius 1 is 1.29 bits per heavy atom. The van der Waals surface area contributed by atoms with E-state index in [2.05, 4.69) is 10.6 Å². The molecule has 0 aliphatic heterocycles. The standard InChI is InChI=1S/C16H22N2O3/c1-10-5-4-6-11(2)13(10)9-17-15(21)18-16(3,14(19)20)12-7-8-12/h4-6,12H,7-9H2,1-3H3,(H,19,20)(H2,17,18,21). The molecule has 1 atom stereocenters. The summed E-state index contributed by atoms with van der Waals surface area (Å²) in [5.41, 5.74) is 2.11. The maximum absolute atomic E-state index is 12.0. The molecule has 5 heteroatoms. The fraction of sp³-hybridized carbons (Fsp3) is 0.500. The van der Waals surface area contributed by atoms with Gasteiger partial charge in [0.25, 0.3) is 0 Å². The third-order valence-corrected chi connectivity index (χ3v) is 4.28. The summed E-state index contributed by atoms with van der Waals surface area (Å²) < 4.78 is 0. The lowest BCUT2D eigenvalue weighted by Gasteiger charge is -2.26. The molecular formula is C16H22N2O3. The van der Waals surface area contributed by atoms with E-state index in [1.807, 2.05) is 32.0 Å². The number of urea groups is 1. The minimum absolute atomic E-state index is 0.0287. The van der Waals surface area contributed by atoms with Gasteiger partial charge in [-0.2, -0.15) is 0 Å². The number of benzene rings is 1. The zero-order valence-corrected chi connectivity index (χ0v) is 12.7. The molecule has 1 aromatic carbocycles. The molecule has 0 radical (unpaired) electrons. The third kappa shape index (κ3) is 3.35. The number of carbonyl (C=O) groups excluding carboxylic acids is 1. The number of aryl methyl sites for hydroxylation is 2. The van der Waals surface area contributed by atoms with Gasteiger partial charge in [-0.15, -0.1) is 0 Å². The van der Waals surface area contributed by atoms with Crippen LogP contribution in [-0.2, 0) is 11.3 Å². The fourth-order valence-corrected chi connectivity index (χ4v) is 2.57. The summed E-state index contributed by atoms with van der Waals surface area (Å²) >= 11 is 0. The Balaban J connectivity index is 1.97. The normalized spacial score (nSPS) is 16.9. The van der Waals surface area contributed by atoms with Gasteiger partial charge in [-0.25, -0.2) is 9.59 Å². The molecule has 1 aliphatic carbocycles. The van der Waals surface area contributed by atoms with Crippen molar-refractivity contribution in [3.8, 4) is 0 Å². The van der Waals surface area contributed by atoms with Crippen molar-refractivity contribution in [2.45, 2.75) is 45.7 Å². The Hall–Kier alpha value is -2.04. The smallest absolute Gasteiger partial charge is 0.329 e. The highest BCUT2D eigenvalue weighted by atomic mass is 16.4. The predicted molar refractivity (Wildman–Crippen MR) is 80.1 cm³/mol. The molecule has 1 unspecified atom stereocenters. The van der Waals surface area contributed by atoms with E-state index >= 15 is 0 Å². The van der Waals surface area contributed by atoms with Crippen molar-refractivity contribution in [1.29, 1.82) is 0 Å². The summed E-state index contributed by atoms with van der Waals surface area (Å²) in [6.45, 7) is 5.96. The zero-order chi connectivity index (χ0) is 15.6. The molecule has 2 rings (SSSR count). The van der Waals surface area contributed by atoms with Gasteiger partial charge >= 0.3 is 12.0 Å². The number of hydrogen-bond acceptors (Lipinski definition) is 2. The molecule has 0 aromatic heterocycles. The molecule has 21 heavy (non-hydrogen) atoms. The molecule has 1 aliphatic rings. The highest BCUT2D eigenvalue weighted by Crippen LogP contribution is 2.39. The van der Waals surface area contributed by atoms with Crippen molar-refractivity contribution in [3.63, 3.8) is 0 Å². The van der Waals surface area contributed by atoms with Gasteiger partial charge in [0.1, 0.15) is 5.54 Å². The molecule has 2 amide bonds. The number of nitrogens with one attached hydrogen (secondary N) is 2. The average Bonchev–Trinajstić information content (AvgIpc) is 3.22. The lowest BCUT2D eigenvalue weighted by molar-refractivity contribution is -0.144. The summed E-state index contributed by atoms with van der Waals surface area (Å²) in [6, 6.07) is 5.53. The number of hydrogen-bond donors (Lipinski definition) is 3. The average molecular weight is 290 g/mol. The van der Waals surface area contributed by atoms with E-state index in [9.17, 15) is 14.7 Å². The van der Waals surface area contributed by atoms with Gasteiger partial charge in [0, 0.05) is 6.54 Å². The van der Waals surface area contributed by atoms with Gasteiger partial charge < -0.3 is 15.7 Å². The van der Waals surface area contributed by atoms with Crippen LogP contribution in [0.2, 0.25) is 0 Å². The highest BCUT2D eigenvalue weighted by Gasteiger charge is 2.48. The number of carboxylic acids is 1. The van der Waals surface area contributed by atoms with E-state index in [-0.39, 0.29) is 5.92 Å². The molecule has 114 valence electrons. The van der Waals surface area contributed by atoms with Crippen molar-refractivity contribution >= 4 is 12.0 Å². The summed E-state index contributed by atoms with van der Waals surface area (Å²) in [7, 11) is 0. The third-order valence-electron chi connectivity index (χ3n) is 4.28. The monoisotopic (exact) mass is 290 g/mol. The minimum Gasteiger partial charge on any atom is -0.480 e. The van der Waals surface area contributed by atoms with Gasteiger partial charge in [0.05, 0.1) is 0 Å². The molecular weight excluding hydrogens is 268 g/mol. The second kappa shape index (κ2) is 5.76. The first-order chi connectivity index (χ1) is 9.84. The van der Waals surface area contributed by atoms with Crippen LogP contribution in [0.4, 0.5) is 4.79 Å². The number of amides is 2. The minimum atomic E-state index is -1.18. The topological polar surface area (TPSA) is 78.4 Å². The fourth-order valence-electron chi connectivity index (χ4n) is 2.57. The Morgan fingerprint density at radius 3 is 2.33 bits per heavy atom. The Morgan fingerprint density at radius 2 is 1.86 bits per heavy atom. The Kier molecular flexibility index (Phi) is 4.21. The molecule has 1 aromatic rings. The summed E-state index contributed by atoms with van der Waals surface area (Å²) in [5, 5.41) is 14.7. The van der Waals surface area contributed by atoms with Gasteiger partial charge in [-0.1, -0.05) is 18.2 Å². The molecule has 0 saturated heterocycles. The van der Waals surface area contributed by atoms with Crippen LogP contribution in [0.3, 0.4) is 0 Å². The van der Waals surface area contributed by atoms with Gasteiger partial charge in [0.15, 0.2) is 0 Å². The highest BCUT2D eigenvalue weighted by molar-refractivity contribution is 5.86. The molecule has 5 nitrogen and oxygen atoms in total. The number of aliphatic carboxylic acids is 1. The maximum atomic E-state index is 12.0. The molecule has 1 saturated carbocycles. The second-order valence-corrected chi connectivity index (χ2v) is 5.96. The van der Waals surface area contributed by atoms with E-state index in [1.165, 1.54) is 0 Å². The molecule has 0 spiro atoms. The van der Waals surface area contributed by atoms with Crippen molar-refractivity contribution in [2.24, 2.45) is 5.92 Å². The largest absolute Gasteiger partial charge is 0.480 e. The molecule has 1 fully saturated rings. The first-order valence-electron chi connectivity index (χ1n) is 7.19. The van der Waals surface area contributed by atoms with Crippen molar-refractivity contribution in [1.82, 2.24) is 10.6 Å². The maximum Gasteiger partial charge on any atom is 0.329 e. The van der Waals surface area contributed by atoms with Crippen molar-refractivity contribution < 1.29 is 14.7 Å². The number of rotatable bonds is 5. The lowest BCUT2D eigenvalue weighted by atomic mass is 9.96. The van der Waals surface area contributed by atoms with E-state index in [1.54, 1.807) is 6.92 Å². The Bertz CT molecular complexity index is 546. The van der Waals surface area contributed by atoms with Crippen LogP contribution in [0.15, 0.2) is 18.2 Å².